The van der Waals surface area contributed by atoms with Gasteiger partial charge in [0.25, 0.3) is 5.56 Å². The van der Waals surface area contributed by atoms with Crippen LogP contribution in [0.5, 0.6) is 0 Å². The van der Waals surface area contributed by atoms with Crippen LogP contribution in [0.1, 0.15) is 46.1 Å². The molecule has 0 aliphatic heterocycles. The minimum absolute atomic E-state index is 0.0714. The van der Waals surface area contributed by atoms with Crippen LogP contribution < -0.4 is 5.56 Å². The van der Waals surface area contributed by atoms with Crippen molar-refractivity contribution in [1.29, 1.82) is 0 Å². The van der Waals surface area contributed by atoms with Gasteiger partial charge in [0, 0.05) is 18.4 Å². The zero-order chi connectivity index (χ0) is 26.8. The van der Waals surface area contributed by atoms with Crippen LogP contribution in [0.25, 0.3) is 20.7 Å². The molecule has 1 amide bonds. The van der Waals surface area contributed by atoms with E-state index >= 15 is 0 Å². The second kappa shape index (κ2) is 8.56. The summed E-state index contributed by atoms with van der Waals surface area (Å²) >= 11 is 4.55. The minimum Gasteiger partial charge on any atom is -0.465 e. The molecule has 1 saturated carbocycles. The fraction of sp³-hybridized carbons (Fsp3) is 0.458. The first-order valence-electron chi connectivity index (χ1n) is 11.1. The zero-order valence-electron chi connectivity index (χ0n) is 20.0. The normalized spacial score (nSPS) is 22.5. The molecule has 194 valence electrons. The van der Waals surface area contributed by atoms with Crippen LogP contribution >= 0.6 is 27.3 Å². The van der Waals surface area contributed by atoms with Crippen molar-refractivity contribution >= 4 is 43.6 Å². The lowest BCUT2D eigenvalue weighted by Gasteiger charge is -2.60. The molecule has 2 heterocycles. The van der Waals surface area contributed by atoms with Gasteiger partial charge in [-0.2, -0.15) is 13.2 Å². The Bertz CT molecular complexity index is 1380. The second-order valence-electron chi connectivity index (χ2n) is 10.5. The predicted octanol–water partition coefficient (Wildman–Crippen LogP) is 5.97. The van der Waals surface area contributed by atoms with E-state index in [1.54, 1.807) is 52.0 Å². The van der Waals surface area contributed by atoms with E-state index in [-0.39, 0.29) is 18.2 Å². The molecule has 0 radical (unpaired) electrons. The van der Waals surface area contributed by atoms with Gasteiger partial charge in [0.2, 0.25) is 0 Å². The number of halogens is 4. The van der Waals surface area contributed by atoms with Crippen molar-refractivity contribution in [3.8, 4) is 10.4 Å². The van der Waals surface area contributed by atoms with Gasteiger partial charge in [-0.3, -0.25) is 14.3 Å². The number of thiophene rings is 1. The number of aliphatic hydroxyl groups is 1. The highest BCUT2D eigenvalue weighted by Crippen LogP contribution is 2.54. The quantitative estimate of drug-likeness (QED) is 0.392. The molecule has 1 aliphatic carbocycles. The SMILES string of the molecule is CC(C)(C)N(C(=O)O)[C@]1(c2ccc(-c3sc4ncn(CC(F)(F)F)c(=O)c4c3Br)cc2)C[C@](C)(O)C1. The minimum atomic E-state index is -4.56. The molecule has 0 spiro atoms. The number of amides is 1. The highest BCUT2D eigenvalue weighted by molar-refractivity contribution is 9.10. The Hall–Kier alpha value is -2.44. The highest BCUT2D eigenvalue weighted by atomic mass is 79.9. The maximum absolute atomic E-state index is 12.8. The largest absolute Gasteiger partial charge is 0.465 e. The van der Waals surface area contributed by atoms with E-state index in [2.05, 4.69) is 20.9 Å². The third-order valence-electron chi connectivity index (χ3n) is 6.29. The first kappa shape index (κ1) is 26.6. The van der Waals surface area contributed by atoms with Crippen LogP contribution in [0.4, 0.5) is 18.0 Å². The van der Waals surface area contributed by atoms with E-state index in [4.69, 9.17) is 0 Å². The standard InChI is InChI=1S/C24H25BrF3N3O4S/c1-21(2,3)31(20(33)34)23(9-22(4,35)10-23)14-7-5-13(6-8-14)17-16(25)15-18(36-17)29-12-30(19(15)32)11-24(26,27)28/h5-8,12,35H,9-11H2,1-4H3,(H,33,34)/t22-,23+. The molecule has 1 fully saturated rings. The molecule has 1 aromatic carbocycles. The number of aromatic nitrogens is 2. The van der Waals surface area contributed by atoms with E-state index in [1.807, 2.05) is 0 Å². The number of fused-ring (bicyclic) bond motifs is 1. The number of hydrogen-bond acceptors (Lipinski definition) is 5. The molecule has 0 bridgehead atoms. The van der Waals surface area contributed by atoms with Gasteiger partial charge in [0.15, 0.2) is 0 Å². The Labute approximate surface area is 217 Å². The van der Waals surface area contributed by atoms with Crippen molar-refractivity contribution in [3.05, 3.63) is 51.0 Å². The van der Waals surface area contributed by atoms with Crippen LogP contribution in [-0.2, 0) is 12.1 Å². The fourth-order valence-corrected chi connectivity index (χ4v) is 7.22. The van der Waals surface area contributed by atoms with Crippen molar-refractivity contribution in [2.45, 2.75) is 69.9 Å². The summed E-state index contributed by atoms with van der Waals surface area (Å²) in [5.74, 6) is 0. The van der Waals surface area contributed by atoms with Crippen LogP contribution in [-0.4, -0.2) is 48.1 Å². The summed E-state index contributed by atoms with van der Waals surface area (Å²) in [5, 5.41) is 20.7. The Kier molecular flexibility index (Phi) is 6.33. The fourth-order valence-electron chi connectivity index (χ4n) is 5.23. The number of hydrogen-bond donors (Lipinski definition) is 2. The van der Waals surface area contributed by atoms with Crippen LogP contribution in [0.3, 0.4) is 0 Å². The average Bonchev–Trinajstić information content (AvgIpc) is 3.03. The van der Waals surface area contributed by atoms with Gasteiger partial charge in [0.05, 0.1) is 32.2 Å². The molecular weight excluding hydrogens is 563 g/mol. The van der Waals surface area contributed by atoms with E-state index in [0.29, 0.717) is 24.3 Å². The first-order valence-corrected chi connectivity index (χ1v) is 12.7. The third kappa shape index (κ3) is 4.66. The Balaban J connectivity index is 1.76. The van der Waals surface area contributed by atoms with Crippen LogP contribution in [0.2, 0.25) is 0 Å². The van der Waals surface area contributed by atoms with Gasteiger partial charge in [-0.15, -0.1) is 11.3 Å². The summed E-state index contributed by atoms with van der Waals surface area (Å²) in [4.78, 5) is 31.3. The number of nitrogens with zero attached hydrogens (tertiary/aromatic N) is 3. The summed E-state index contributed by atoms with van der Waals surface area (Å²) < 4.78 is 39.4. The lowest BCUT2D eigenvalue weighted by molar-refractivity contribution is -0.152. The number of carboxylic acid groups (broad SMARTS) is 1. The molecule has 0 atom stereocenters. The van der Waals surface area contributed by atoms with Crippen molar-refractivity contribution in [1.82, 2.24) is 14.5 Å². The molecule has 1 aliphatic rings. The molecule has 0 saturated heterocycles. The summed E-state index contributed by atoms with van der Waals surface area (Å²) in [5.41, 5.74) is -2.03. The van der Waals surface area contributed by atoms with Crippen molar-refractivity contribution < 1.29 is 28.2 Å². The summed E-state index contributed by atoms with van der Waals surface area (Å²) in [6, 6.07) is 7.13. The molecule has 12 heteroatoms. The van der Waals surface area contributed by atoms with Gasteiger partial charge in [-0.05, 0) is 54.8 Å². The molecule has 2 aromatic heterocycles. The van der Waals surface area contributed by atoms with E-state index in [9.17, 15) is 33.0 Å². The van der Waals surface area contributed by atoms with Gasteiger partial charge in [-0.25, -0.2) is 9.78 Å². The molecule has 36 heavy (non-hydrogen) atoms. The summed E-state index contributed by atoms with van der Waals surface area (Å²) in [7, 11) is 0. The monoisotopic (exact) mass is 587 g/mol. The Morgan fingerprint density at radius 1 is 1.22 bits per heavy atom. The second-order valence-corrected chi connectivity index (χ2v) is 12.3. The first-order chi connectivity index (χ1) is 16.5. The molecule has 3 aromatic rings. The Morgan fingerprint density at radius 2 is 1.81 bits per heavy atom. The van der Waals surface area contributed by atoms with Gasteiger partial charge in [0.1, 0.15) is 11.4 Å². The lowest BCUT2D eigenvalue weighted by Crippen LogP contribution is -2.67. The zero-order valence-corrected chi connectivity index (χ0v) is 22.4. The lowest BCUT2D eigenvalue weighted by atomic mass is 9.60. The van der Waals surface area contributed by atoms with E-state index in [0.717, 1.165) is 11.9 Å². The van der Waals surface area contributed by atoms with Crippen LogP contribution in [0.15, 0.2) is 39.9 Å². The van der Waals surface area contributed by atoms with Crippen LogP contribution in [0, 0.1) is 0 Å². The summed E-state index contributed by atoms with van der Waals surface area (Å²) in [6.45, 7) is 5.65. The highest BCUT2D eigenvalue weighted by Gasteiger charge is 2.59. The number of carbonyl (C=O) groups is 1. The van der Waals surface area contributed by atoms with Crippen molar-refractivity contribution in [2.24, 2.45) is 0 Å². The van der Waals surface area contributed by atoms with Gasteiger partial charge >= 0.3 is 12.3 Å². The maximum atomic E-state index is 12.8. The predicted molar refractivity (Wildman–Crippen MR) is 134 cm³/mol. The molecule has 4 rings (SSSR count). The number of rotatable bonds is 4. The van der Waals surface area contributed by atoms with Gasteiger partial charge in [-0.1, -0.05) is 24.3 Å². The molecular formula is C24H25BrF3N3O4S. The van der Waals surface area contributed by atoms with E-state index < -0.39 is 41.1 Å². The molecule has 2 N–H and O–H groups in total. The third-order valence-corrected chi connectivity index (χ3v) is 8.49. The van der Waals surface area contributed by atoms with Crippen molar-refractivity contribution in [3.63, 3.8) is 0 Å². The van der Waals surface area contributed by atoms with Gasteiger partial charge < -0.3 is 10.2 Å². The number of alkyl halides is 3. The topological polar surface area (TPSA) is 95.7 Å². The maximum Gasteiger partial charge on any atom is 0.408 e. The number of benzene rings is 1. The molecule has 7 nitrogen and oxygen atoms in total. The Morgan fingerprint density at radius 3 is 2.28 bits per heavy atom. The average molecular weight is 588 g/mol. The summed E-state index contributed by atoms with van der Waals surface area (Å²) in [6.07, 6.45) is -4.28. The smallest absolute Gasteiger partial charge is 0.408 e. The van der Waals surface area contributed by atoms with Crippen molar-refractivity contribution in [2.75, 3.05) is 0 Å². The van der Waals surface area contributed by atoms with E-state index in [1.165, 1.54) is 16.2 Å². The molecule has 0 unspecified atom stereocenters.